The second-order valence-electron chi connectivity index (χ2n) is 6.35. The van der Waals surface area contributed by atoms with Gasteiger partial charge < -0.3 is 4.74 Å². The average Bonchev–Trinajstić information content (AvgIpc) is 2.70. The summed E-state index contributed by atoms with van der Waals surface area (Å²) in [6.07, 6.45) is 0.760. The van der Waals surface area contributed by atoms with E-state index in [2.05, 4.69) is 9.97 Å². The van der Waals surface area contributed by atoms with Gasteiger partial charge in [-0.05, 0) is 43.0 Å². The molecular formula is C21H21N3O3S. The molecule has 0 amide bonds. The second kappa shape index (κ2) is 8.84. The van der Waals surface area contributed by atoms with Crippen molar-refractivity contribution in [1.82, 2.24) is 9.97 Å². The van der Waals surface area contributed by atoms with Gasteiger partial charge in [-0.25, -0.2) is 4.98 Å². The Balaban J connectivity index is 1.80. The van der Waals surface area contributed by atoms with E-state index in [0.717, 1.165) is 34.6 Å². The molecule has 1 heterocycles. The molecule has 0 aliphatic heterocycles. The van der Waals surface area contributed by atoms with Crippen LogP contribution in [-0.4, -0.2) is 14.9 Å². The third-order valence-electron chi connectivity index (χ3n) is 4.36. The summed E-state index contributed by atoms with van der Waals surface area (Å²) in [5, 5.41) is 11.5. The molecule has 0 bridgehead atoms. The summed E-state index contributed by atoms with van der Waals surface area (Å²) < 4.78 is 6.02. The Morgan fingerprint density at radius 2 is 1.89 bits per heavy atom. The molecule has 0 saturated heterocycles. The van der Waals surface area contributed by atoms with Crippen LogP contribution in [0.25, 0.3) is 0 Å². The number of aromatic nitrogens is 2. The first kappa shape index (κ1) is 19.8. The minimum atomic E-state index is -0.390. The molecule has 6 nitrogen and oxygen atoms in total. The van der Waals surface area contributed by atoms with E-state index in [9.17, 15) is 10.1 Å². The summed E-state index contributed by atoms with van der Waals surface area (Å²) in [7, 11) is 0. The van der Waals surface area contributed by atoms with E-state index in [1.807, 2.05) is 51.1 Å². The van der Waals surface area contributed by atoms with Crippen molar-refractivity contribution in [3.05, 3.63) is 81.0 Å². The molecule has 1 aromatic heterocycles. The van der Waals surface area contributed by atoms with E-state index in [-0.39, 0.29) is 5.69 Å². The van der Waals surface area contributed by atoms with Crippen molar-refractivity contribution in [2.24, 2.45) is 0 Å². The van der Waals surface area contributed by atoms with Gasteiger partial charge in [0.2, 0.25) is 5.88 Å². The van der Waals surface area contributed by atoms with Gasteiger partial charge >= 0.3 is 0 Å². The van der Waals surface area contributed by atoms with Gasteiger partial charge in [-0.1, -0.05) is 43.0 Å². The Bertz CT molecular complexity index is 1010. The number of nitro groups is 1. The quantitative estimate of drug-likeness (QED) is 0.223. The molecular weight excluding hydrogens is 374 g/mol. The van der Waals surface area contributed by atoms with E-state index in [1.165, 1.54) is 17.8 Å². The van der Waals surface area contributed by atoms with Gasteiger partial charge in [0.15, 0.2) is 5.16 Å². The Morgan fingerprint density at radius 1 is 1.11 bits per heavy atom. The Hall–Kier alpha value is -2.93. The van der Waals surface area contributed by atoms with Crippen LogP contribution in [0.1, 0.15) is 29.3 Å². The van der Waals surface area contributed by atoms with Crippen molar-refractivity contribution < 1.29 is 9.66 Å². The van der Waals surface area contributed by atoms with Crippen LogP contribution in [0.5, 0.6) is 11.6 Å². The number of ether oxygens (including phenoxy) is 1. The summed E-state index contributed by atoms with van der Waals surface area (Å²) in [6, 6.07) is 14.4. The molecule has 0 saturated carbocycles. The minimum absolute atomic E-state index is 0.0836. The van der Waals surface area contributed by atoms with E-state index >= 15 is 0 Å². The topological polar surface area (TPSA) is 78.2 Å². The summed E-state index contributed by atoms with van der Waals surface area (Å²) in [5.74, 6) is 1.81. The SMILES string of the molecule is CCc1cc(Oc2cccc(C)c2C)nc(SCc2cccc([N+](=O)[O-])c2)n1. The Labute approximate surface area is 168 Å². The van der Waals surface area contributed by atoms with Gasteiger partial charge in [-0.2, -0.15) is 4.98 Å². The van der Waals surface area contributed by atoms with Gasteiger partial charge in [0.25, 0.3) is 5.69 Å². The molecule has 28 heavy (non-hydrogen) atoms. The van der Waals surface area contributed by atoms with Crippen LogP contribution in [0.15, 0.2) is 53.7 Å². The first-order valence-electron chi connectivity index (χ1n) is 8.94. The number of hydrogen-bond donors (Lipinski definition) is 0. The summed E-state index contributed by atoms with van der Waals surface area (Å²) >= 11 is 1.43. The normalized spacial score (nSPS) is 10.7. The average molecular weight is 395 g/mol. The lowest BCUT2D eigenvalue weighted by Crippen LogP contribution is -1.98. The number of rotatable bonds is 7. The lowest BCUT2D eigenvalue weighted by molar-refractivity contribution is -0.384. The lowest BCUT2D eigenvalue weighted by Gasteiger charge is -2.11. The molecule has 3 aromatic rings. The molecule has 0 aliphatic carbocycles. The summed E-state index contributed by atoms with van der Waals surface area (Å²) in [6.45, 7) is 6.09. The molecule has 144 valence electrons. The smallest absolute Gasteiger partial charge is 0.269 e. The third kappa shape index (κ3) is 4.86. The number of nitro benzene ring substituents is 1. The van der Waals surface area contributed by atoms with Crippen LogP contribution in [0, 0.1) is 24.0 Å². The fraction of sp³-hybridized carbons (Fsp3) is 0.238. The number of thioether (sulfide) groups is 1. The maximum absolute atomic E-state index is 10.9. The first-order chi connectivity index (χ1) is 13.5. The Kier molecular flexibility index (Phi) is 6.26. The predicted molar refractivity (Wildman–Crippen MR) is 110 cm³/mol. The molecule has 0 atom stereocenters. The van der Waals surface area contributed by atoms with Gasteiger partial charge in [0.05, 0.1) is 4.92 Å². The van der Waals surface area contributed by atoms with E-state index < -0.39 is 4.92 Å². The summed E-state index contributed by atoms with van der Waals surface area (Å²) in [5.41, 5.74) is 4.05. The highest BCUT2D eigenvalue weighted by molar-refractivity contribution is 7.98. The predicted octanol–water partition coefficient (Wildman–Crippen LogP) is 5.65. The molecule has 0 N–H and O–H groups in total. The van der Waals surface area contributed by atoms with Crippen molar-refractivity contribution in [3.8, 4) is 11.6 Å². The molecule has 0 unspecified atom stereocenters. The second-order valence-corrected chi connectivity index (χ2v) is 7.29. The standard InChI is InChI=1S/C21H21N3O3S/c1-4-17-12-20(27-19-10-5-7-14(2)15(19)3)23-21(22-17)28-13-16-8-6-9-18(11-16)24(25)26/h5-12H,4,13H2,1-3H3. The molecule has 0 aliphatic rings. The van der Waals surface area contributed by atoms with Gasteiger partial charge in [0.1, 0.15) is 5.75 Å². The van der Waals surface area contributed by atoms with Crippen molar-refractivity contribution in [2.75, 3.05) is 0 Å². The largest absolute Gasteiger partial charge is 0.439 e. The van der Waals surface area contributed by atoms with Crippen molar-refractivity contribution >= 4 is 17.4 Å². The third-order valence-corrected chi connectivity index (χ3v) is 5.27. The van der Waals surface area contributed by atoms with Gasteiger partial charge in [-0.3, -0.25) is 10.1 Å². The molecule has 3 rings (SSSR count). The van der Waals surface area contributed by atoms with Crippen LogP contribution < -0.4 is 4.74 Å². The zero-order valence-corrected chi connectivity index (χ0v) is 16.8. The summed E-state index contributed by atoms with van der Waals surface area (Å²) in [4.78, 5) is 19.6. The number of aryl methyl sites for hydroxylation is 2. The zero-order valence-electron chi connectivity index (χ0n) is 16.0. The maximum Gasteiger partial charge on any atom is 0.269 e. The Morgan fingerprint density at radius 3 is 2.64 bits per heavy atom. The monoisotopic (exact) mass is 395 g/mol. The van der Waals surface area contributed by atoms with Crippen molar-refractivity contribution in [3.63, 3.8) is 0 Å². The molecule has 0 fully saturated rings. The van der Waals surface area contributed by atoms with Crippen LogP contribution >= 0.6 is 11.8 Å². The van der Waals surface area contributed by atoms with Gasteiger partial charge in [0, 0.05) is 29.6 Å². The van der Waals surface area contributed by atoms with Crippen LogP contribution in [0.4, 0.5) is 5.69 Å². The number of nitrogens with zero attached hydrogens (tertiary/aromatic N) is 3. The molecule has 0 spiro atoms. The number of non-ortho nitro benzene ring substituents is 1. The van der Waals surface area contributed by atoms with E-state index in [0.29, 0.717) is 16.8 Å². The molecule has 0 radical (unpaired) electrons. The fourth-order valence-electron chi connectivity index (χ4n) is 2.60. The van der Waals surface area contributed by atoms with Crippen LogP contribution in [-0.2, 0) is 12.2 Å². The highest BCUT2D eigenvalue weighted by Crippen LogP contribution is 2.29. The number of benzene rings is 2. The van der Waals surface area contributed by atoms with Crippen molar-refractivity contribution in [2.45, 2.75) is 38.1 Å². The lowest BCUT2D eigenvalue weighted by atomic mass is 10.1. The molecule has 7 heteroatoms. The van der Waals surface area contributed by atoms with Crippen molar-refractivity contribution in [1.29, 1.82) is 0 Å². The molecule has 2 aromatic carbocycles. The van der Waals surface area contributed by atoms with E-state index in [4.69, 9.17) is 4.74 Å². The minimum Gasteiger partial charge on any atom is -0.439 e. The van der Waals surface area contributed by atoms with Crippen LogP contribution in [0.3, 0.4) is 0 Å². The van der Waals surface area contributed by atoms with Crippen LogP contribution in [0.2, 0.25) is 0 Å². The fourth-order valence-corrected chi connectivity index (χ4v) is 3.41. The highest BCUT2D eigenvalue weighted by Gasteiger charge is 2.11. The number of hydrogen-bond acceptors (Lipinski definition) is 6. The maximum atomic E-state index is 10.9. The zero-order chi connectivity index (χ0) is 20.1. The first-order valence-corrected chi connectivity index (χ1v) is 9.93. The van der Waals surface area contributed by atoms with Gasteiger partial charge in [-0.15, -0.1) is 0 Å². The highest BCUT2D eigenvalue weighted by atomic mass is 32.2. The van der Waals surface area contributed by atoms with E-state index in [1.54, 1.807) is 12.1 Å².